The summed E-state index contributed by atoms with van der Waals surface area (Å²) in [7, 11) is 0. The third-order valence-electron chi connectivity index (χ3n) is 4.28. The summed E-state index contributed by atoms with van der Waals surface area (Å²) in [5.41, 5.74) is 3.56. The van der Waals surface area contributed by atoms with E-state index in [-0.39, 0.29) is 16.9 Å². The van der Waals surface area contributed by atoms with Crippen LogP contribution >= 0.6 is 11.8 Å². The zero-order valence-corrected chi connectivity index (χ0v) is 17.2. The van der Waals surface area contributed by atoms with Crippen LogP contribution in [-0.2, 0) is 11.2 Å². The van der Waals surface area contributed by atoms with E-state index in [1.807, 2.05) is 51.1 Å². The van der Waals surface area contributed by atoms with Gasteiger partial charge in [0, 0.05) is 30.4 Å². The highest BCUT2D eigenvalue weighted by Gasteiger charge is 2.19. The number of hydrogen-bond donors (Lipinski definition) is 1. The topological polar surface area (TPSA) is 89.2 Å². The maximum Gasteiger partial charge on any atom is 0.253 e. The molecular formula is C20H23N5O2S. The molecule has 0 saturated heterocycles. The zero-order valence-electron chi connectivity index (χ0n) is 16.4. The highest BCUT2D eigenvalue weighted by molar-refractivity contribution is 8.00. The molecule has 1 amide bonds. The first kappa shape index (κ1) is 20.0. The lowest BCUT2D eigenvalue weighted by Crippen LogP contribution is -2.22. The van der Waals surface area contributed by atoms with Gasteiger partial charge in [0.15, 0.2) is 5.78 Å². The predicted octanol–water partition coefficient (Wildman–Crippen LogP) is 2.78. The van der Waals surface area contributed by atoms with Crippen LogP contribution in [0.15, 0.2) is 35.5 Å². The first-order valence-corrected chi connectivity index (χ1v) is 9.96. The van der Waals surface area contributed by atoms with Gasteiger partial charge in [0.1, 0.15) is 0 Å². The van der Waals surface area contributed by atoms with Gasteiger partial charge >= 0.3 is 0 Å². The Hall–Kier alpha value is -2.74. The summed E-state index contributed by atoms with van der Waals surface area (Å²) in [5.74, 6) is 0.528. The number of fused-ring (bicyclic) bond motifs is 1. The molecular weight excluding hydrogens is 374 g/mol. The number of aromatic nitrogens is 4. The van der Waals surface area contributed by atoms with Gasteiger partial charge in [-0.25, -0.2) is 9.50 Å². The minimum absolute atomic E-state index is 0.0260. The molecule has 7 nitrogen and oxygen atoms in total. The number of amides is 1. The van der Waals surface area contributed by atoms with Gasteiger partial charge in [-0.2, -0.15) is 4.98 Å². The second-order valence-corrected chi connectivity index (χ2v) is 8.01. The first-order chi connectivity index (χ1) is 13.3. The van der Waals surface area contributed by atoms with E-state index in [2.05, 4.69) is 20.4 Å². The SMILES string of the molecule is CC(=O)NCCc1ccc(C(=O)C(C)Sc2nc3nc(C)cc(C)n3n2)cc1. The van der Waals surface area contributed by atoms with E-state index in [0.717, 1.165) is 23.4 Å². The van der Waals surface area contributed by atoms with Crippen molar-refractivity contribution in [1.29, 1.82) is 0 Å². The maximum absolute atomic E-state index is 12.7. The summed E-state index contributed by atoms with van der Waals surface area (Å²) >= 11 is 1.33. The number of ketones is 1. The van der Waals surface area contributed by atoms with Gasteiger partial charge in [-0.05, 0) is 38.8 Å². The van der Waals surface area contributed by atoms with Gasteiger partial charge in [0.2, 0.25) is 11.1 Å². The molecule has 0 aliphatic rings. The Bertz CT molecular complexity index is 1010. The van der Waals surface area contributed by atoms with E-state index in [4.69, 9.17) is 0 Å². The van der Waals surface area contributed by atoms with Crippen molar-refractivity contribution >= 4 is 29.2 Å². The van der Waals surface area contributed by atoms with Gasteiger partial charge in [-0.1, -0.05) is 36.0 Å². The fourth-order valence-corrected chi connectivity index (χ4v) is 3.69. The fraction of sp³-hybridized carbons (Fsp3) is 0.350. The first-order valence-electron chi connectivity index (χ1n) is 9.09. The minimum Gasteiger partial charge on any atom is -0.356 e. The number of carbonyl (C=O) groups is 2. The Balaban J connectivity index is 1.65. The van der Waals surface area contributed by atoms with Crippen LogP contribution in [0.2, 0.25) is 0 Å². The molecule has 3 aromatic rings. The van der Waals surface area contributed by atoms with Crippen molar-refractivity contribution in [3.63, 3.8) is 0 Å². The molecule has 2 aromatic heterocycles. The second kappa shape index (κ2) is 8.52. The largest absolute Gasteiger partial charge is 0.356 e. The van der Waals surface area contributed by atoms with Gasteiger partial charge in [-0.3, -0.25) is 9.59 Å². The van der Waals surface area contributed by atoms with Crippen LogP contribution in [0.4, 0.5) is 0 Å². The average molecular weight is 398 g/mol. The molecule has 0 fully saturated rings. The summed E-state index contributed by atoms with van der Waals surface area (Å²) in [4.78, 5) is 32.5. The average Bonchev–Trinajstić information content (AvgIpc) is 3.04. The normalized spacial score (nSPS) is 12.1. The molecule has 0 spiro atoms. The summed E-state index contributed by atoms with van der Waals surface area (Å²) < 4.78 is 1.69. The Labute approximate surface area is 168 Å². The monoisotopic (exact) mass is 397 g/mol. The molecule has 28 heavy (non-hydrogen) atoms. The van der Waals surface area contributed by atoms with Crippen molar-refractivity contribution in [1.82, 2.24) is 24.9 Å². The van der Waals surface area contributed by atoms with Crippen molar-refractivity contribution < 1.29 is 9.59 Å². The number of hydrogen-bond acceptors (Lipinski definition) is 6. The van der Waals surface area contributed by atoms with Crippen LogP contribution in [0.3, 0.4) is 0 Å². The van der Waals surface area contributed by atoms with Crippen LogP contribution in [-0.4, -0.2) is 43.1 Å². The van der Waals surface area contributed by atoms with Gasteiger partial charge in [0.05, 0.1) is 5.25 Å². The van der Waals surface area contributed by atoms with Crippen molar-refractivity contribution in [2.75, 3.05) is 6.54 Å². The molecule has 1 aromatic carbocycles. The number of nitrogens with one attached hydrogen (secondary N) is 1. The molecule has 8 heteroatoms. The van der Waals surface area contributed by atoms with Gasteiger partial charge in [0.25, 0.3) is 5.78 Å². The molecule has 2 heterocycles. The molecule has 0 saturated carbocycles. The van der Waals surface area contributed by atoms with Crippen molar-refractivity contribution in [2.24, 2.45) is 0 Å². The Kier molecular flexibility index (Phi) is 6.08. The number of nitrogens with zero attached hydrogens (tertiary/aromatic N) is 4. The van der Waals surface area contributed by atoms with E-state index < -0.39 is 0 Å². The van der Waals surface area contributed by atoms with Crippen LogP contribution < -0.4 is 5.32 Å². The van der Waals surface area contributed by atoms with Crippen molar-refractivity contribution in [3.8, 4) is 0 Å². The van der Waals surface area contributed by atoms with E-state index >= 15 is 0 Å². The summed E-state index contributed by atoms with van der Waals surface area (Å²) in [6.45, 7) is 7.81. The fourth-order valence-electron chi connectivity index (χ4n) is 2.86. The second-order valence-electron chi connectivity index (χ2n) is 6.70. The highest BCUT2D eigenvalue weighted by Crippen LogP contribution is 2.23. The third-order valence-corrected chi connectivity index (χ3v) is 5.23. The number of benzene rings is 1. The number of Topliss-reactive ketones (excluding diaryl/α,β-unsaturated/α-hetero) is 1. The molecule has 0 aliphatic heterocycles. The number of carbonyl (C=O) groups excluding carboxylic acids is 2. The quantitative estimate of drug-likeness (QED) is 0.487. The van der Waals surface area contributed by atoms with Gasteiger partial charge < -0.3 is 5.32 Å². The molecule has 1 atom stereocenters. The predicted molar refractivity (Wildman–Crippen MR) is 109 cm³/mol. The van der Waals surface area contributed by atoms with E-state index in [1.54, 1.807) is 4.52 Å². The Morgan fingerprint density at radius 1 is 1.18 bits per heavy atom. The minimum atomic E-state index is -0.316. The van der Waals surface area contributed by atoms with Crippen LogP contribution in [0, 0.1) is 13.8 Å². The Morgan fingerprint density at radius 2 is 1.89 bits per heavy atom. The lowest BCUT2D eigenvalue weighted by Gasteiger charge is -2.09. The molecule has 3 rings (SSSR count). The lowest BCUT2D eigenvalue weighted by atomic mass is 10.0. The molecule has 146 valence electrons. The van der Waals surface area contributed by atoms with E-state index in [9.17, 15) is 9.59 Å². The summed E-state index contributed by atoms with van der Waals surface area (Å²) in [5, 5.41) is 7.44. The number of aryl methyl sites for hydroxylation is 2. The highest BCUT2D eigenvalue weighted by atomic mass is 32.2. The van der Waals surface area contributed by atoms with E-state index in [0.29, 0.717) is 23.0 Å². The maximum atomic E-state index is 12.7. The van der Waals surface area contributed by atoms with Crippen LogP contribution in [0.25, 0.3) is 5.78 Å². The summed E-state index contributed by atoms with van der Waals surface area (Å²) in [6, 6.07) is 9.44. The summed E-state index contributed by atoms with van der Waals surface area (Å²) in [6.07, 6.45) is 0.731. The zero-order chi connectivity index (χ0) is 20.3. The number of thioether (sulfide) groups is 1. The molecule has 0 radical (unpaired) electrons. The smallest absolute Gasteiger partial charge is 0.253 e. The van der Waals surface area contributed by atoms with Crippen molar-refractivity contribution in [2.45, 2.75) is 44.5 Å². The van der Waals surface area contributed by atoms with E-state index in [1.165, 1.54) is 18.7 Å². The van der Waals surface area contributed by atoms with Crippen molar-refractivity contribution in [3.05, 3.63) is 52.8 Å². The Morgan fingerprint density at radius 3 is 2.57 bits per heavy atom. The third kappa shape index (κ3) is 4.75. The molecule has 1 N–H and O–H groups in total. The lowest BCUT2D eigenvalue weighted by molar-refractivity contribution is -0.118. The van der Waals surface area contributed by atoms with Crippen LogP contribution in [0.5, 0.6) is 0 Å². The molecule has 0 aliphatic carbocycles. The molecule has 1 unspecified atom stereocenters. The molecule has 0 bridgehead atoms. The standard InChI is InChI=1S/C20H23N5O2S/c1-12-11-13(2)25-19(22-12)23-20(24-25)28-14(3)18(27)17-7-5-16(6-8-17)9-10-21-15(4)26/h5-8,11,14H,9-10H2,1-4H3,(H,21,26). The number of rotatable bonds is 7. The van der Waals surface area contributed by atoms with Gasteiger partial charge in [-0.15, -0.1) is 5.10 Å². The van der Waals surface area contributed by atoms with Crippen LogP contribution in [0.1, 0.15) is 41.2 Å².